The van der Waals surface area contributed by atoms with E-state index in [1.165, 1.54) is 11.1 Å². The van der Waals surface area contributed by atoms with Crippen molar-refractivity contribution in [3.63, 3.8) is 0 Å². The lowest BCUT2D eigenvalue weighted by Gasteiger charge is -2.06. The van der Waals surface area contributed by atoms with E-state index in [0.29, 0.717) is 0 Å². The second-order valence-corrected chi connectivity index (χ2v) is 5.32. The smallest absolute Gasteiger partial charge is 0.133 e. The minimum atomic E-state index is 0.880. The molecule has 0 fully saturated rings. The van der Waals surface area contributed by atoms with Gasteiger partial charge in [0.1, 0.15) is 5.75 Å². The van der Waals surface area contributed by atoms with Gasteiger partial charge >= 0.3 is 0 Å². The molecule has 1 aromatic carbocycles. The topological polar surface area (TPSA) is 9.23 Å². The SMILES string of the molecule is COc1ccc(CC(C)=CCCBr)cc1Br. The van der Waals surface area contributed by atoms with Gasteiger partial charge in [-0.2, -0.15) is 0 Å². The van der Waals surface area contributed by atoms with Crippen molar-refractivity contribution in [2.75, 3.05) is 12.4 Å². The molecule has 3 heteroatoms. The van der Waals surface area contributed by atoms with Gasteiger partial charge in [0.25, 0.3) is 0 Å². The van der Waals surface area contributed by atoms with Gasteiger partial charge in [0, 0.05) is 5.33 Å². The third kappa shape index (κ3) is 4.30. The average Bonchev–Trinajstić information content (AvgIpc) is 2.26. The first kappa shape index (κ1) is 13.8. The van der Waals surface area contributed by atoms with E-state index in [4.69, 9.17) is 4.74 Å². The van der Waals surface area contributed by atoms with Crippen molar-refractivity contribution in [2.45, 2.75) is 19.8 Å². The molecule has 0 N–H and O–H groups in total. The predicted molar refractivity (Wildman–Crippen MR) is 76.6 cm³/mol. The molecule has 0 atom stereocenters. The molecule has 0 saturated heterocycles. The Hall–Kier alpha value is -0.280. The quantitative estimate of drug-likeness (QED) is 0.552. The number of benzene rings is 1. The number of ether oxygens (including phenoxy) is 1. The van der Waals surface area contributed by atoms with Crippen molar-refractivity contribution in [3.05, 3.63) is 39.9 Å². The van der Waals surface area contributed by atoms with Gasteiger partial charge in [0.2, 0.25) is 0 Å². The van der Waals surface area contributed by atoms with E-state index in [0.717, 1.165) is 28.4 Å². The third-order valence-corrected chi connectivity index (χ3v) is 3.38. The van der Waals surface area contributed by atoms with E-state index in [9.17, 15) is 0 Å². The molecule has 0 bridgehead atoms. The summed E-state index contributed by atoms with van der Waals surface area (Å²) >= 11 is 6.92. The molecule has 0 aliphatic rings. The first-order chi connectivity index (χ1) is 7.67. The molecule has 88 valence electrons. The predicted octanol–water partition coefficient (Wildman–Crippen LogP) is 4.73. The van der Waals surface area contributed by atoms with Gasteiger partial charge in [0.15, 0.2) is 0 Å². The normalized spacial score (nSPS) is 11.6. The molecule has 0 aliphatic carbocycles. The van der Waals surface area contributed by atoms with Crippen LogP contribution >= 0.6 is 31.9 Å². The number of methoxy groups -OCH3 is 1. The molecule has 0 unspecified atom stereocenters. The largest absolute Gasteiger partial charge is 0.496 e. The van der Waals surface area contributed by atoms with Crippen LogP contribution in [0.25, 0.3) is 0 Å². The molecular weight excluding hydrogens is 332 g/mol. The first-order valence-electron chi connectivity index (χ1n) is 5.21. The Morgan fingerprint density at radius 3 is 2.75 bits per heavy atom. The van der Waals surface area contributed by atoms with Crippen LogP contribution in [0.4, 0.5) is 0 Å². The van der Waals surface area contributed by atoms with E-state index in [1.807, 2.05) is 6.07 Å². The average molecular weight is 348 g/mol. The fourth-order valence-corrected chi connectivity index (χ4v) is 2.33. The summed E-state index contributed by atoms with van der Waals surface area (Å²) in [4.78, 5) is 0. The molecule has 16 heavy (non-hydrogen) atoms. The Morgan fingerprint density at radius 2 is 2.19 bits per heavy atom. The highest BCUT2D eigenvalue weighted by molar-refractivity contribution is 9.10. The fourth-order valence-electron chi connectivity index (χ4n) is 1.51. The lowest BCUT2D eigenvalue weighted by molar-refractivity contribution is 0.412. The standard InChI is InChI=1S/C13H16Br2O/c1-10(4-3-7-14)8-11-5-6-13(16-2)12(15)9-11/h4-6,9H,3,7-8H2,1-2H3. The first-order valence-corrected chi connectivity index (χ1v) is 7.13. The lowest BCUT2D eigenvalue weighted by atomic mass is 10.1. The number of hydrogen-bond donors (Lipinski definition) is 0. The summed E-state index contributed by atoms with van der Waals surface area (Å²) in [7, 11) is 1.68. The molecule has 1 rings (SSSR count). The molecule has 0 heterocycles. The van der Waals surface area contributed by atoms with E-state index in [1.54, 1.807) is 7.11 Å². The van der Waals surface area contributed by atoms with Crippen LogP contribution in [-0.4, -0.2) is 12.4 Å². The Balaban J connectivity index is 2.71. The van der Waals surface area contributed by atoms with Gasteiger partial charge in [-0.25, -0.2) is 0 Å². The molecule has 1 nitrogen and oxygen atoms in total. The van der Waals surface area contributed by atoms with Crippen LogP contribution in [0.5, 0.6) is 5.75 Å². The minimum Gasteiger partial charge on any atom is -0.496 e. The number of halogens is 2. The van der Waals surface area contributed by atoms with Crippen molar-refractivity contribution < 1.29 is 4.74 Å². The van der Waals surface area contributed by atoms with Crippen molar-refractivity contribution in [1.29, 1.82) is 0 Å². The maximum atomic E-state index is 5.20. The van der Waals surface area contributed by atoms with Gasteiger partial charge in [-0.05, 0) is 53.4 Å². The molecule has 0 aliphatic heterocycles. The summed E-state index contributed by atoms with van der Waals surface area (Å²) in [6, 6.07) is 6.22. The monoisotopic (exact) mass is 346 g/mol. The summed E-state index contributed by atoms with van der Waals surface area (Å²) in [5, 5.41) is 1.02. The minimum absolute atomic E-state index is 0.880. The van der Waals surface area contributed by atoms with Crippen molar-refractivity contribution in [3.8, 4) is 5.75 Å². The molecule has 0 spiro atoms. The molecule has 0 saturated carbocycles. The Bertz CT molecular complexity index is 372. The Morgan fingerprint density at radius 1 is 1.44 bits per heavy atom. The van der Waals surface area contributed by atoms with E-state index in [-0.39, 0.29) is 0 Å². The van der Waals surface area contributed by atoms with Gasteiger partial charge in [-0.1, -0.05) is 33.6 Å². The summed E-state index contributed by atoms with van der Waals surface area (Å²) in [6.45, 7) is 2.17. The maximum Gasteiger partial charge on any atom is 0.133 e. The molecule has 0 amide bonds. The lowest BCUT2D eigenvalue weighted by Crippen LogP contribution is -1.90. The fraction of sp³-hybridized carbons (Fsp3) is 0.385. The van der Waals surface area contributed by atoms with Crippen LogP contribution in [0.1, 0.15) is 18.9 Å². The van der Waals surface area contributed by atoms with Gasteiger partial charge < -0.3 is 4.74 Å². The highest BCUT2D eigenvalue weighted by Crippen LogP contribution is 2.26. The van der Waals surface area contributed by atoms with Crippen LogP contribution in [0.15, 0.2) is 34.3 Å². The second-order valence-electron chi connectivity index (χ2n) is 3.67. The van der Waals surface area contributed by atoms with Crippen LogP contribution < -0.4 is 4.74 Å². The van der Waals surface area contributed by atoms with Crippen molar-refractivity contribution in [1.82, 2.24) is 0 Å². The maximum absolute atomic E-state index is 5.20. The Labute approximate surface area is 114 Å². The van der Waals surface area contributed by atoms with Crippen LogP contribution in [0, 0.1) is 0 Å². The number of alkyl halides is 1. The Kier molecular flexibility index (Phi) is 6.14. The van der Waals surface area contributed by atoms with Gasteiger partial charge in [-0.15, -0.1) is 0 Å². The second kappa shape index (κ2) is 7.13. The summed E-state index contributed by atoms with van der Waals surface area (Å²) < 4.78 is 6.22. The zero-order valence-corrected chi connectivity index (χ0v) is 12.8. The molecule has 0 radical (unpaired) electrons. The highest BCUT2D eigenvalue weighted by atomic mass is 79.9. The number of rotatable bonds is 5. The molecule has 1 aromatic rings. The third-order valence-electron chi connectivity index (χ3n) is 2.30. The van der Waals surface area contributed by atoms with E-state index < -0.39 is 0 Å². The van der Waals surface area contributed by atoms with Crippen molar-refractivity contribution >= 4 is 31.9 Å². The van der Waals surface area contributed by atoms with Crippen LogP contribution in [-0.2, 0) is 6.42 Å². The zero-order valence-electron chi connectivity index (χ0n) is 9.59. The molecular formula is C13H16Br2O. The molecule has 0 aromatic heterocycles. The van der Waals surface area contributed by atoms with Gasteiger partial charge in [0.05, 0.1) is 11.6 Å². The van der Waals surface area contributed by atoms with E-state index in [2.05, 4.69) is 57.0 Å². The van der Waals surface area contributed by atoms with Gasteiger partial charge in [-0.3, -0.25) is 0 Å². The van der Waals surface area contributed by atoms with E-state index >= 15 is 0 Å². The summed E-state index contributed by atoms with van der Waals surface area (Å²) in [6.07, 6.45) is 4.35. The highest BCUT2D eigenvalue weighted by Gasteiger charge is 2.01. The van der Waals surface area contributed by atoms with Crippen LogP contribution in [0.3, 0.4) is 0 Å². The zero-order chi connectivity index (χ0) is 12.0. The number of hydrogen-bond acceptors (Lipinski definition) is 1. The summed E-state index contributed by atoms with van der Waals surface area (Å²) in [5.41, 5.74) is 2.70. The summed E-state index contributed by atoms with van der Waals surface area (Å²) in [5.74, 6) is 0.880. The van der Waals surface area contributed by atoms with Crippen molar-refractivity contribution in [2.24, 2.45) is 0 Å². The van der Waals surface area contributed by atoms with Crippen LogP contribution in [0.2, 0.25) is 0 Å². The number of allylic oxidation sites excluding steroid dienone is 2.